The van der Waals surface area contributed by atoms with Crippen LogP contribution >= 0.6 is 0 Å². The van der Waals surface area contributed by atoms with E-state index in [1.165, 1.54) is 0 Å². The number of amides is 1. The highest BCUT2D eigenvalue weighted by Crippen LogP contribution is 2.31. The summed E-state index contributed by atoms with van der Waals surface area (Å²) in [6, 6.07) is 21.1. The standard InChI is InChI=1S/C30H21N9O/c40-25(12-18-6-2-1-3-7-18)35-21-13-19(15-31-17-21)20-14-23-27(38-39-28(23)34-16-20)30-36-26-22(9-11-33-29(26)37-30)24-8-4-5-10-32-24/h1-11,13-17H,12H2,(H,35,40)(H,33,36,37)(H,34,38,39). The molecule has 0 radical (unpaired) electrons. The van der Waals surface area contributed by atoms with Crippen molar-refractivity contribution in [3.63, 3.8) is 0 Å². The molecule has 0 saturated heterocycles. The van der Waals surface area contributed by atoms with E-state index in [9.17, 15) is 4.79 Å². The van der Waals surface area contributed by atoms with Crippen molar-refractivity contribution >= 4 is 33.8 Å². The van der Waals surface area contributed by atoms with Gasteiger partial charge in [-0.15, -0.1) is 0 Å². The summed E-state index contributed by atoms with van der Waals surface area (Å²) < 4.78 is 0. The van der Waals surface area contributed by atoms with Gasteiger partial charge in [0.05, 0.1) is 29.4 Å². The third kappa shape index (κ3) is 4.43. The molecule has 0 aliphatic rings. The van der Waals surface area contributed by atoms with Gasteiger partial charge in [0.2, 0.25) is 5.91 Å². The molecule has 40 heavy (non-hydrogen) atoms. The van der Waals surface area contributed by atoms with E-state index < -0.39 is 0 Å². The van der Waals surface area contributed by atoms with Crippen molar-refractivity contribution in [1.29, 1.82) is 0 Å². The molecule has 6 heterocycles. The number of carbonyl (C=O) groups excluding carboxylic acids is 1. The maximum Gasteiger partial charge on any atom is 0.228 e. The third-order valence-electron chi connectivity index (χ3n) is 6.53. The number of carbonyl (C=O) groups is 1. The predicted octanol–water partition coefficient (Wildman–Crippen LogP) is 5.20. The average molecular weight is 524 g/mol. The van der Waals surface area contributed by atoms with Gasteiger partial charge in [-0.25, -0.2) is 15.0 Å². The van der Waals surface area contributed by atoms with Crippen molar-refractivity contribution in [3.8, 4) is 33.9 Å². The zero-order valence-corrected chi connectivity index (χ0v) is 21.0. The van der Waals surface area contributed by atoms with Crippen LogP contribution in [0, 0.1) is 0 Å². The summed E-state index contributed by atoms with van der Waals surface area (Å²) in [6.45, 7) is 0. The van der Waals surface area contributed by atoms with Gasteiger partial charge in [0.25, 0.3) is 0 Å². The number of aromatic nitrogens is 8. The molecule has 0 atom stereocenters. The van der Waals surface area contributed by atoms with Crippen LogP contribution in [0.1, 0.15) is 5.56 Å². The van der Waals surface area contributed by atoms with E-state index in [1.54, 1.807) is 31.0 Å². The number of rotatable bonds is 6. The Morgan fingerprint density at radius 2 is 1.70 bits per heavy atom. The van der Waals surface area contributed by atoms with E-state index in [1.807, 2.05) is 66.7 Å². The summed E-state index contributed by atoms with van der Waals surface area (Å²) in [5.41, 5.74) is 7.47. The van der Waals surface area contributed by atoms with Crippen molar-refractivity contribution in [1.82, 2.24) is 40.1 Å². The third-order valence-corrected chi connectivity index (χ3v) is 6.53. The maximum atomic E-state index is 12.6. The summed E-state index contributed by atoms with van der Waals surface area (Å²) in [7, 11) is 0. The van der Waals surface area contributed by atoms with Crippen LogP contribution in [0.2, 0.25) is 0 Å². The van der Waals surface area contributed by atoms with Gasteiger partial charge in [-0.2, -0.15) is 5.10 Å². The van der Waals surface area contributed by atoms with Gasteiger partial charge in [-0.3, -0.25) is 19.9 Å². The first-order valence-electron chi connectivity index (χ1n) is 12.6. The average Bonchev–Trinajstić information content (AvgIpc) is 3.62. The monoisotopic (exact) mass is 523 g/mol. The zero-order valence-electron chi connectivity index (χ0n) is 21.0. The number of benzene rings is 1. The van der Waals surface area contributed by atoms with E-state index in [0.717, 1.165) is 33.3 Å². The fourth-order valence-corrected chi connectivity index (χ4v) is 4.65. The summed E-state index contributed by atoms with van der Waals surface area (Å²) in [5, 5.41) is 11.2. The van der Waals surface area contributed by atoms with Gasteiger partial charge < -0.3 is 10.3 Å². The molecule has 0 spiro atoms. The lowest BCUT2D eigenvalue weighted by Gasteiger charge is -2.07. The minimum absolute atomic E-state index is 0.112. The van der Waals surface area contributed by atoms with Gasteiger partial charge in [0.15, 0.2) is 17.1 Å². The molecule has 10 nitrogen and oxygen atoms in total. The second kappa shape index (κ2) is 9.84. The number of pyridine rings is 4. The van der Waals surface area contributed by atoms with Crippen molar-refractivity contribution in [3.05, 3.63) is 103 Å². The smallest absolute Gasteiger partial charge is 0.228 e. The quantitative estimate of drug-likeness (QED) is 0.272. The van der Waals surface area contributed by atoms with Crippen LogP contribution in [0.15, 0.2) is 97.7 Å². The second-order valence-electron chi connectivity index (χ2n) is 9.22. The Labute approximate surface area is 227 Å². The van der Waals surface area contributed by atoms with E-state index in [4.69, 9.17) is 4.98 Å². The normalized spacial score (nSPS) is 11.2. The lowest BCUT2D eigenvalue weighted by atomic mass is 10.1. The molecule has 0 unspecified atom stereocenters. The van der Waals surface area contributed by atoms with E-state index >= 15 is 0 Å². The molecule has 0 aliphatic heterocycles. The fraction of sp³-hybridized carbons (Fsp3) is 0.0333. The Kier molecular flexibility index (Phi) is 5.74. The summed E-state index contributed by atoms with van der Waals surface area (Å²) in [5.74, 6) is 0.454. The molecule has 0 saturated carbocycles. The van der Waals surface area contributed by atoms with Crippen molar-refractivity contribution < 1.29 is 4.79 Å². The molecular weight excluding hydrogens is 502 g/mol. The highest BCUT2D eigenvalue weighted by Gasteiger charge is 2.17. The molecule has 0 fully saturated rings. The SMILES string of the molecule is O=C(Cc1ccccc1)Nc1cncc(-c2cnc3[nH]nc(-c4nc5c(-c6ccccn6)ccnc5[nH]4)c3c2)c1. The van der Waals surface area contributed by atoms with E-state index in [2.05, 4.69) is 40.4 Å². The predicted molar refractivity (Wildman–Crippen MR) is 152 cm³/mol. The summed E-state index contributed by atoms with van der Waals surface area (Å²) >= 11 is 0. The number of hydrogen-bond donors (Lipinski definition) is 3. The van der Waals surface area contributed by atoms with Crippen LogP contribution < -0.4 is 5.32 Å². The molecule has 3 N–H and O–H groups in total. The highest BCUT2D eigenvalue weighted by atomic mass is 16.1. The van der Waals surface area contributed by atoms with Crippen molar-refractivity contribution in [2.45, 2.75) is 6.42 Å². The maximum absolute atomic E-state index is 12.6. The Balaban J connectivity index is 1.21. The molecular formula is C30H21N9O. The highest BCUT2D eigenvalue weighted by molar-refractivity contribution is 5.96. The minimum atomic E-state index is -0.112. The first kappa shape index (κ1) is 23.4. The number of nitrogens with one attached hydrogen (secondary N) is 3. The summed E-state index contributed by atoms with van der Waals surface area (Å²) in [4.78, 5) is 38.5. The van der Waals surface area contributed by atoms with Gasteiger partial charge in [0, 0.05) is 41.5 Å². The Morgan fingerprint density at radius 3 is 2.58 bits per heavy atom. The molecule has 6 aromatic heterocycles. The van der Waals surface area contributed by atoms with Crippen molar-refractivity contribution in [2.24, 2.45) is 0 Å². The Bertz CT molecular complexity index is 1980. The van der Waals surface area contributed by atoms with Crippen LogP contribution in [0.5, 0.6) is 0 Å². The van der Waals surface area contributed by atoms with Gasteiger partial charge >= 0.3 is 0 Å². The van der Waals surface area contributed by atoms with Crippen LogP contribution in [0.4, 0.5) is 5.69 Å². The topological polar surface area (TPSA) is 138 Å². The largest absolute Gasteiger partial charge is 0.324 e. The lowest BCUT2D eigenvalue weighted by molar-refractivity contribution is -0.115. The van der Waals surface area contributed by atoms with Crippen LogP contribution in [-0.4, -0.2) is 46.0 Å². The van der Waals surface area contributed by atoms with Crippen molar-refractivity contribution in [2.75, 3.05) is 5.32 Å². The number of H-pyrrole nitrogens is 2. The molecule has 0 aliphatic carbocycles. The number of aromatic amines is 2. The number of nitrogens with zero attached hydrogens (tertiary/aromatic N) is 6. The first-order chi connectivity index (χ1) is 19.7. The van der Waals surface area contributed by atoms with Gasteiger partial charge in [-0.05, 0) is 35.9 Å². The molecule has 7 rings (SSSR count). The first-order valence-corrected chi connectivity index (χ1v) is 12.6. The zero-order chi connectivity index (χ0) is 26.9. The molecule has 0 bridgehead atoms. The second-order valence-corrected chi connectivity index (χ2v) is 9.22. The fourth-order valence-electron chi connectivity index (χ4n) is 4.65. The van der Waals surface area contributed by atoms with Gasteiger partial charge in [0.1, 0.15) is 11.2 Å². The minimum Gasteiger partial charge on any atom is -0.324 e. The number of hydrogen-bond acceptors (Lipinski definition) is 7. The lowest BCUT2D eigenvalue weighted by Crippen LogP contribution is -2.14. The van der Waals surface area contributed by atoms with Crippen LogP contribution in [-0.2, 0) is 11.2 Å². The number of imidazole rings is 1. The van der Waals surface area contributed by atoms with Crippen LogP contribution in [0.25, 0.3) is 56.1 Å². The van der Waals surface area contributed by atoms with Gasteiger partial charge in [-0.1, -0.05) is 36.4 Å². The Hall–Kier alpha value is -5.77. The molecule has 10 heteroatoms. The van der Waals surface area contributed by atoms with E-state index in [-0.39, 0.29) is 12.3 Å². The number of fused-ring (bicyclic) bond motifs is 2. The Morgan fingerprint density at radius 1 is 0.825 bits per heavy atom. The van der Waals surface area contributed by atoms with Crippen LogP contribution in [0.3, 0.4) is 0 Å². The summed E-state index contributed by atoms with van der Waals surface area (Å²) in [6.07, 6.45) is 8.88. The molecule has 192 valence electrons. The molecule has 1 amide bonds. The molecule has 1 aromatic carbocycles. The number of anilines is 1. The molecule has 7 aromatic rings. The van der Waals surface area contributed by atoms with E-state index in [0.29, 0.717) is 34.0 Å².